The van der Waals surface area contributed by atoms with Crippen LogP contribution in [-0.2, 0) is 6.42 Å². The molecule has 2 rings (SSSR count). The minimum atomic E-state index is 0.0176. The van der Waals surface area contributed by atoms with Crippen molar-refractivity contribution >= 4 is 31.9 Å². The summed E-state index contributed by atoms with van der Waals surface area (Å²) in [5.41, 5.74) is 8.70. The third-order valence-electron chi connectivity index (χ3n) is 3.26. The summed E-state index contributed by atoms with van der Waals surface area (Å²) in [4.78, 5) is 0. The van der Waals surface area contributed by atoms with Crippen molar-refractivity contribution in [3.8, 4) is 5.75 Å². The summed E-state index contributed by atoms with van der Waals surface area (Å²) >= 11 is 7.05. The number of aryl methyl sites for hydroxylation is 1. The smallest absolute Gasteiger partial charge is 0.118 e. The summed E-state index contributed by atoms with van der Waals surface area (Å²) < 4.78 is 7.27. The number of methoxy groups -OCH3 is 1. The molecule has 0 saturated carbocycles. The van der Waals surface area contributed by atoms with Crippen molar-refractivity contribution < 1.29 is 4.74 Å². The average Bonchev–Trinajstić information content (AvgIpc) is 2.47. The molecular weight excluding hydrogens is 382 g/mol. The topological polar surface area (TPSA) is 35.2 Å². The molecular formula is C16H17Br2NO. The van der Waals surface area contributed by atoms with Crippen molar-refractivity contribution in [2.45, 2.75) is 18.9 Å². The van der Waals surface area contributed by atoms with Crippen LogP contribution in [0.25, 0.3) is 0 Å². The fourth-order valence-electron chi connectivity index (χ4n) is 2.07. The Kier molecular flexibility index (Phi) is 5.64. The first-order chi connectivity index (χ1) is 9.60. The van der Waals surface area contributed by atoms with E-state index in [9.17, 15) is 0 Å². The predicted molar refractivity (Wildman–Crippen MR) is 90.1 cm³/mol. The van der Waals surface area contributed by atoms with Crippen molar-refractivity contribution in [2.75, 3.05) is 7.11 Å². The van der Waals surface area contributed by atoms with E-state index in [-0.39, 0.29) is 6.04 Å². The van der Waals surface area contributed by atoms with Crippen molar-refractivity contribution in [1.82, 2.24) is 0 Å². The number of halogens is 2. The molecule has 0 aliphatic heterocycles. The number of hydrogen-bond donors (Lipinski definition) is 1. The molecule has 0 fully saturated rings. The summed E-state index contributed by atoms with van der Waals surface area (Å²) in [7, 11) is 1.68. The lowest BCUT2D eigenvalue weighted by Crippen LogP contribution is -2.12. The van der Waals surface area contributed by atoms with E-state index in [4.69, 9.17) is 10.5 Å². The molecule has 0 amide bonds. The minimum absolute atomic E-state index is 0.0176. The van der Waals surface area contributed by atoms with Crippen LogP contribution in [0.5, 0.6) is 5.75 Å². The predicted octanol–water partition coefficient (Wildman–Crippen LogP) is 4.85. The zero-order valence-corrected chi connectivity index (χ0v) is 14.4. The van der Waals surface area contributed by atoms with Gasteiger partial charge in [0.2, 0.25) is 0 Å². The second-order valence-electron chi connectivity index (χ2n) is 4.66. The summed E-state index contributed by atoms with van der Waals surface area (Å²) in [5, 5.41) is 0. The number of benzene rings is 2. The average molecular weight is 399 g/mol. The van der Waals surface area contributed by atoms with E-state index >= 15 is 0 Å². The van der Waals surface area contributed by atoms with Gasteiger partial charge in [0.25, 0.3) is 0 Å². The number of nitrogens with two attached hydrogens (primary N) is 1. The van der Waals surface area contributed by atoms with Gasteiger partial charge in [0.15, 0.2) is 0 Å². The largest absolute Gasteiger partial charge is 0.497 e. The Morgan fingerprint density at radius 2 is 1.80 bits per heavy atom. The number of ether oxygens (including phenoxy) is 1. The lowest BCUT2D eigenvalue weighted by Gasteiger charge is -2.14. The van der Waals surface area contributed by atoms with Crippen LogP contribution in [0.4, 0.5) is 0 Å². The third kappa shape index (κ3) is 4.08. The highest BCUT2D eigenvalue weighted by Gasteiger charge is 2.10. The molecule has 4 heteroatoms. The highest BCUT2D eigenvalue weighted by Crippen LogP contribution is 2.28. The quantitative estimate of drug-likeness (QED) is 0.780. The highest BCUT2D eigenvalue weighted by atomic mass is 79.9. The second-order valence-corrected chi connectivity index (χ2v) is 6.43. The Morgan fingerprint density at radius 3 is 2.45 bits per heavy atom. The van der Waals surface area contributed by atoms with E-state index in [0.29, 0.717) is 0 Å². The van der Waals surface area contributed by atoms with Gasteiger partial charge in [0.05, 0.1) is 7.11 Å². The number of rotatable bonds is 5. The molecule has 2 N–H and O–H groups in total. The zero-order valence-electron chi connectivity index (χ0n) is 11.3. The van der Waals surface area contributed by atoms with Gasteiger partial charge < -0.3 is 10.5 Å². The summed E-state index contributed by atoms with van der Waals surface area (Å²) in [6.07, 6.45) is 1.85. The Bertz CT molecular complexity index is 569. The Balaban J connectivity index is 2.00. The summed E-state index contributed by atoms with van der Waals surface area (Å²) in [6.45, 7) is 0. The molecule has 0 aliphatic rings. The molecule has 2 aromatic carbocycles. The van der Waals surface area contributed by atoms with E-state index in [2.05, 4.69) is 50.1 Å². The second kappa shape index (κ2) is 7.25. The van der Waals surface area contributed by atoms with Crippen LogP contribution in [0, 0.1) is 0 Å². The first kappa shape index (κ1) is 15.5. The third-order valence-corrected chi connectivity index (χ3v) is 4.48. The van der Waals surface area contributed by atoms with Gasteiger partial charge in [-0.2, -0.15) is 0 Å². The van der Waals surface area contributed by atoms with Crippen LogP contribution in [0.1, 0.15) is 23.6 Å². The fourth-order valence-corrected chi connectivity index (χ4v) is 2.99. The van der Waals surface area contributed by atoms with Gasteiger partial charge in [-0.1, -0.05) is 44.0 Å². The van der Waals surface area contributed by atoms with Gasteiger partial charge in [-0.15, -0.1) is 0 Å². The van der Waals surface area contributed by atoms with E-state index in [1.165, 1.54) is 5.56 Å². The maximum Gasteiger partial charge on any atom is 0.118 e. The normalized spacial score (nSPS) is 12.2. The molecule has 0 radical (unpaired) electrons. The molecule has 0 bridgehead atoms. The van der Waals surface area contributed by atoms with Crippen molar-refractivity contribution in [3.63, 3.8) is 0 Å². The minimum Gasteiger partial charge on any atom is -0.497 e. The molecule has 2 nitrogen and oxygen atoms in total. The molecule has 0 heterocycles. The van der Waals surface area contributed by atoms with Gasteiger partial charge in [0, 0.05) is 15.0 Å². The van der Waals surface area contributed by atoms with Gasteiger partial charge in [-0.25, -0.2) is 0 Å². The lowest BCUT2D eigenvalue weighted by molar-refractivity contribution is 0.414. The summed E-state index contributed by atoms with van der Waals surface area (Å²) in [6, 6.07) is 14.2. The van der Waals surface area contributed by atoms with Crippen LogP contribution < -0.4 is 10.5 Å². The Hall–Kier alpha value is -0.840. The maximum atomic E-state index is 6.29. The molecule has 20 heavy (non-hydrogen) atoms. The standard InChI is InChI=1S/C16H17Br2NO/c1-20-13-6-2-11(3-7-13)4-9-16(19)14-10-12(17)5-8-15(14)18/h2-3,5-8,10,16H,4,9,19H2,1H3. The van der Waals surface area contributed by atoms with Crippen molar-refractivity contribution in [2.24, 2.45) is 5.73 Å². The van der Waals surface area contributed by atoms with Crippen LogP contribution in [0.2, 0.25) is 0 Å². The van der Waals surface area contributed by atoms with Gasteiger partial charge in [0.1, 0.15) is 5.75 Å². The van der Waals surface area contributed by atoms with Gasteiger partial charge in [-0.05, 0) is 54.3 Å². The molecule has 1 atom stereocenters. The first-order valence-corrected chi connectivity index (χ1v) is 8.02. The van der Waals surface area contributed by atoms with E-state index in [0.717, 1.165) is 33.1 Å². The molecule has 0 aromatic heterocycles. The van der Waals surface area contributed by atoms with Crippen LogP contribution in [0.3, 0.4) is 0 Å². The van der Waals surface area contributed by atoms with Crippen LogP contribution in [0.15, 0.2) is 51.4 Å². The monoisotopic (exact) mass is 397 g/mol. The zero-order chi connectivity index (χ0) is 14.5. The Morgan fingerprint density at radius 1 is 1.10 bits per heavy atom. The number of hydrogen-bond acceptors (Lipinski definition) is 2. The molecule has 2 aromatic rings. The first-order valence-electron chi connectivity index (χ1n) is 6.43. The van der Waals surface area contributed by atoms with E-state index < -0.39 is 0 Å². The van der Waals surface area contributed by atoms with Crippen LogP contribution in [-0.4, -0.2) is 7.11 Å². The molecule has 1 unspecified atom stereocenters. The molecule has 106 valence electrons. The molecule has 0 spiro atoms. The van der Waals surface area contributed by atoms with Gasteiger partial charge >= 0.3 is 0 Å². The summed E-state index contributed by atoms with van der Waals surface area (Å²) in [5.74, 6) is 0.882. The van der Waals surface area contributed by atoms with Crippen molar-refractivity contribution in [1.29, 1.82) is 0 Å². The van der Waals surface area contributed by atoms with E-state index in [1.54, 1.807) is 7.11 Å². The van der Waals surface area contributed by atoms with Crippen LogP contribution >= 0.6 is 31.9 Å². The maximum absolute atomic E-state index is 6.29. The van der Waals surface area contributed by atoms with Crippen molar-refractivity contribution in [3.05, 3.63) is 62.5 Å². The molecule has 0 saturated heterocycles. The lowest BCUT2D eigenvalue weighted by atomic mass is 10.00. The van der Waals surface area contributed by atoms with Gasteiger partial charge in [-0.3, -0.25) is 0 Å². The fraction of sp³-hybridized carbons (Fsp3) is 0.250. The molecule has 0 aliphatic carbocycles. The Labute approximate surface area is 136 Å². The van der Waals surface area contributed by atoms with E-state index in [1.807, 2.05) is 24.3 Å². The SMILES string of the molecule is COc1ccc(CCC(N)c2cc(Br)ccc2Br)cc1. The highest BCUT2D eigenvalue weighted by molar-refractivity contribution is 9.11.